The van der Waals surface area contributed by atoms with Crippen molar-refractivity contribution in [2.24, 2.45) is 10.7 Å². The van der Waals surface area contributed by atoms with Gasteiger partial charge < -0.3 is 16.0 Å². The molecule has 1 aromatic carbocycles. The van der Waals surface area contributed by atoms with Crippen LogP contribution in [0.2, 0.25) is 0 Å². The van der Waals surface area contributed by atoms with Crippen LogP contribution in [0.5, 0.6) is 0 Å². The van der Waals surface area contributed by atoms with Crippen molar-refractivity contribution < 1.29 is 0 Å². The first-order valence-corrected chi connectivity index (χ1v) is 10.7. The van der Waals surface area contributed by atoms with Crippen LogP contribution < -0.4 is 16.0 Å². The number of nitrogens with two attached hydrogens (primary N) is 1. The van der Waals surface area contributed by atoms with Gasteiger partial charge in [-0.15, -0.1) is 0 Å². The fourth-order valence-electron chi connectivity index (χ4n) is 4.20. The lowest BCUT2D eigenvalue weighted by atomic mass is 9.90. The Labute approximate surface area is 173 Å². The number of guanidine groups is 1. The molecule has 0 saturated carbocycles. The number of aromatic nitrogens is 2. The molecular weight excluding hydrogens is 362 g/mol. The van der Waals surface area contributed by atoms with Crippen molar-refractivity contribution >= 4 is 17.6 Å². The third kappa shape index (κ3) is 5.23. The molecule has 4 rings (SSSR count). The highest BCUT2D eigenvalue weighted by Gasteiger charge is 2.18. The molecule has 0 bridgehead atoms. The van der Waals surface area contributed by atoms with Crippen LogP contribution in [0.15, 0.2) is 41.7 Å². The molecule has 0 spiro atoms. The molecular formula is C22H31N7. The molecule has 0 amide bonds. The van der Waals surface area contributed by atoms with Crippen molar-refractivity contribution in [3.8, 4) is 0 Å². The van der Waals surface area contributed by atoms with E-state index in [1.807, 2.05) is 6.07 Å². The Hall–Kier alpha value is -2.67. The first-order chi connectivity index (χ1) is 14.3. The average Bonchev–Trinajstić information content (AvgIpc) is 2.78. The zero-order chi connectivity index (χ0) is 19.9. The summed E-state index contributed by atoms with van der Waals surface area (Å²) in [5.41, 5.74) is 10.1. The summed E-state index contributed by atoms with van der Waals surface area (Å²) in [4.78, 5) is 17.9. The van der Waals surface area contributed by atoms with E-state index in [1.165, 1.54) is 30.4 Å². The van der Waals surface area contributed by atoms with E-state index in [2.05, 4.69) is 48.3 Å². The van der Waals surface area contributed by atoms with Crippen LogP contribution in [0.4, 0.5) is 11.6 Å². The minimum Gasteiger partial charge on any atom is -0.370 e. The number of hydrogen-bond acceptors (Lipinski definition) is 5. The molecule has 0 unspecified atom stereocenters. The van der Waals surface area contributed by atoms with E-state index >= 15 is 0 Å². The second kappa shape index (κ2) is 9.69. The highest BCUT2D eigenvalue weighted by Crippen LogP contribution is 2.27. The summed E-state index contributed by atoms with van der Waals surface area (Å²) in [5, 5.41) is 3.33. The van der Waals surface area contributed by atoms with Crippen molar-refractivity contribution in [1.29, 1.82) is 0 Å². The maximum Gasteiger partial charge on any atom is 0.225 e. The number of nitrogens with zero attached hydrogens (tertiary/aromatic N) is 5. The number of hydrogen-bond donors (Lipinski definition) is 2. The van der Waals surface area contributed by atoms with Crippen molar-refractivity contribution in [3.05, 3.63) is 47.8 Å². The third-order valence-corrected chi connectivity index (χ3v) is 5.78. The molecule has 29 heavy (non-hydrogen) atoms. The Kier molecular flexibility index (Phi) is 6.56. The molecule has 0 radical (unpaired) electrons. The van der Waals surface area contributed by atoms with Gasteiger partial charge in [0.25, 0.3) is 0 Å². The van der Waals surface area contributed by atoms with Gasteiger partial charge in [-0.1, -0.05) is 12.1 Å². The van der Waals surface area contributed by atoms with Gasteiger partial charge in [0.05, 0.1) is 0 Å². The monoisotopic (exact) mass is 393 g/mol. The molecule has 1 aromatic heterocycles. The normalized spacial score (nSPS) is 17.8. The Morgan fingerprint density at radius 3 is 2.66 bits per heavy atom. The lowest BCUT2D eigenvalue weighted by molar-refractivity contribution is 0.255. The zero-order valence-electron chi connectivity index (χ0n) is 17.1. The maximum atomic E-state index is 6.15. The second-order valence-corrected chi connectivity index (χ2v) is 7.77. The molecule has 0 atom stereocenters. The zero-order valence-corrected chi connectivity index (χ0v) is 17.1. The van der Waals surface area contributed by atoms with Crippen LogP contribution in [0.1, 0.15) is 30.4 Å². The molecule has 3 N–H and O–H groups in total. The quantitative estimate of drug-likeness (QED) is 0.445. The van der Waals surface area contributed by atoms with Gasteiger partial charge in [0.2, 0.25) is 5.95 Å². The van der Waals surface area contributed by atoms with Gasteiger partial charge in [-0.3, -0.25) is 9.89 Å². The minimum absolute atomic E-state index is 0.523. The smallest absolute Gasteiger partial charge is 0.225 e. The number of anilines is 2. The van der Waals surface area contributed by atoms with Crippen LogP contribution in [-0.2, 0) is 12.8 Å². The molecule has 154 valence electrons. The van der Waals surface area contributed by atoms with E-state index in [0.717, 1.165) is 63.7 Å². The highest BCUT2D eigenvalue weighted by atomic mass is 15.3. The number of piperazine rings is 1. The van der Waals surface area contributed by atoms with Gasteiger partial charge in [0.1, 0.15) is 0 Å². The third-order valence-electron chi connectivity index (χ3n) is 5.78. The molecule has 7 nitrogen and oxygen atoms in total. The molecule has 1 fully saturated rings. The predicted molar refractivity (Wildman–Crippen MR) is 118 cm³/mol. The van der Waals surface area contributed by atoms with Gasteiger partial charge in [-0.05, 0) is 55.4 Å². The molecule has 1 saturated heterocycles. The fraction of sp³-hybridized carbons (Fsp3) is 0.500. The van der Waals surface area contributed by atoms with Gasteiger partial charge in [0, 0.05) is 57.3 Å². The first kappa shape index (κ1) is 19.6. The van der Waals surface area contributed by atoms with Crippen LogP contribution in [0.25, 0.3) is 0 Å². The Bertz CT molecular complexity index is 813. The predicted octanol–water partition coefficient (Wildman–Crippen LogP) is 2.29. The molecule has 7 heteroatoms. The summed E-state index contributed by atoms with van der Waals surface area (Å²) in [6.45, 7) is 5.79. The van der Waals surface area contributed by atoms with Crippen LogP contribution in [0, 0.1) is 0 Å². The first-order valence-electron chi connectivity index (χ1n) is 10.7. The number of aliphatic imine (C=N–C) groups is 1. The number of aryl methyl sites for hydroxylation is 1. The van der Waals surface area contributed by atoms with E-state index in [-0.39, 0.29) is 0 Å². The largest absolute Gasteiger partial charge is 0.370 e. The van der Waals surface area contributed by atoms with Crippen LogP contribution in [-0.4, -0.2) is 60.1 Å². The summed E-state index contributed by atoms with van der Waals surface area (Å²) < 4.78 is 0. The van der Waals surface area contributed by atoms with Gasteiger partial charge in [-0.25, -0.2) is 9.97 Å². The summed E-state index contributed by atoms with van der Waals surface area (Å²) in [5.74, 6) is 1.36. The highest BCUT2D eigenvalue weighted by molar-refractivity contribution is 5.93. The van der Waals surface area contributed by atoms with Crippen molar-refractivity contribution in [1.82, 2.24) is 14.9 Å². The van der Waals surface area contributed by atoms with Crippen molar-refractivity contribution in [2.75, 3.05) is 49.5 Å². The minimum atomic E-state index is 0.523. The van der Waals surface area contributed by atoms with Gasteiger partial charge >= 0.3 is 0 Å². The van der Waals surface area contributed by atoms with Crippen LogP contribution in [0.3, 0.4) is 0 Å². The van der Waals surface area contributed by atoms with Gasteiger partial charge in [0.15, 0.2) is 5.96 Å². The molecule has 1 aliphatic carbocycles. The lowest BCUT2D eigenvalue weighted by Crippen LogP contribution is -2.47. The van der Waals surface area contributed by atoms with E-state index < -0.39 is 0 Å². The van der Waals surface area contributed by atoms with Gasteiger partial charge in [-0.2, -0.15) is 0 Å². The van der Waals surface area contributed by atoms with Crippen molar-refractivity contribution in [2.45, 2.75) is 32.1 Å². The standard InChI is InChI=1S/C22H31N7/c23-21(27-20-9-3-7-18-6-1-2-8-19(18)20)24-12-5-13-28-14-16-29(17-15-28)22-25-10-4-11-26-22/h3-4,7,9-11H,1-2,5-6,8,12-17H2,(H3,23,24,27). The summed E-state index contributed by atoms with van der Waals surface area (Å²) >= 11 is 0. The van der Waals surface area contributed by atoms with E-state index in [0.29, 0.717) is 5.96 Å². The van der Waals surface area contributed by atoms with Crippen LogP contribution >= 0.6 is 0 Å². The van der Waals surface area contributed by atoms with E-state index in [9.17, 15) is 0 Å². The SMILES string of the molecule is NC(=NCCCN1CCN(c2ncccn2)CC1)Nc1cccc2c1CCCC2. The molecule has 1 aliphatic heterocycles. The maximum absolute atomic E-state index is 6.15. The summed E-state index contributed by atoms with van der Waals surface area (Å²) in [7, 11) is 0. The number of rotatable bonds is 6. The summed E-state index contributed by atoms with van der Waals surface area (Å²) in [6.07, 6.45) is 9.46. The van der Waals surface area contributed by atoms with E-state index in [1.54, 1.807) is 12.4 Å². The number of fused-ring (bicyclic) bond motifs is 1. The lowest BCUT2D eigenvalue weighted by Gasteiger charge is -2.34. The molecule has 2 aliphatic rings. The van der Waals surface area contributed by atoms with E-state index in [4.69, 9.17) is 5.73 Å². The topological polar surface area (TPSA) is 82.7 Å². The Balaban J connectivity index is 1.19. The average molecular weight is 394 g/mol. The number of benzene rings is 1. The fourth-order valence-corrected chi connectivity index (χ4v) is 4.20. The molecule has 2 aromatic rings. The second-order valence-electron chi connectivity index (χ2n) is 7.77. The van der Waals surface area contributed by atoms with Crippen molar-refractivity contribution in [3.63, 3.8) is 0 Å². The Morgan fingerprint density at radius 1 is 1.03 bits per heavy atom. The Morgan fingerprint density at radius 2 is 1.83 bits per heavy atom. The summed E-state index contributed by atoms with van der Waals surface area (Å²) in [6, 6.07) is 8.31. The number of nitrogens with one attached hydrogen (secondary N) is 1. The molecule has 2 heterocycles.